The van der Waals surface area contributed by atoms with Gasteiger partial charge in [-0.1, -0.05) is 45.8 Å². The van der Waals surface area contributed by atoms with Crippen molar-refractivity contribution in [3.05, 3.63) is 32.7 Å². The molecule has 0 aliphatic rings. The van der Waals surface area contributed by atoms with E-state index in [1.165, 1.54) is 11.3 Å². The maximum Gasteiger partial charge on any atom is 0.149 e. The maximum absolute atomic E-state index is 6.14. The minimum absolute atomic E-state index is 0.0489. The van der Waals surface area contributed by atoms with E-state index in [0.717, 1.165) is 26.5 Å². The summed E-state index contributed by atoms with van der Waals surface area (Å²) in [6, 6.07) is 5.62. The van der Waals surface area contributed by atoms with Crippen molar-refractivity contribution >= 4 is 38.9 Å². The molecule has 0 aliphatic carbocycles. The average molecular weight is 333 g/mol. The minimum atomic E-state index is -0.0489. The molecular weight excluding hydrogens is 322 g/mol. The normalized spacial score (nSPS) is 12.7. The van der Waals surface area contributed by atoms with Gasteiger partial charge in [0.1, 0.15) is 10.0 Å². The highest BCUT2D eigenvalue weighted by atomic mass is 79.9. The number of nitrogens with two attached hydrogens (primary N) is 1. The number of aromatic nitrogens is 2. The van der Waals surface area contributed by atoms with Gasteiger partial charge in [0.15, 0.2) is 0 Å². The molecule has 3 nitrogen and oxygen atoms in total. The van der Waals surface area contributed by atoms with Gasteiger partial charge in [-0.15, -0.1) is 10.2 Å². The van der Waals surface area contributed by atoms with Gasteiger partial charge in [-0.3, -0.25) is 0 Å². The van der Waals surface area contributed by atoms with E-state index in [2.05, 4.69) is 26.1 Å². The number of nitrogens with zero attached hydrogens (tertiary/aromatic N) is 2. The zero-order valence-corrected chi connectivity index (χ0v) is 12.3. The van der Waals surface area contributed by atoms with Crippen LogP contribution in [-0.2, 0) is 0 Å². The summed E-state index contributed by atoms with van der Waals surface area (Å²) >= 11 is 11.0. The average Bonchev–Trinajstić information content (AvgIpc) is 2.80. The second kappa shape index (κ2) is 5.44. The molecule has 6 heteroatoms. The van der Waals surface area contributed by atoms with Crippen LogP contribution in [0.15, 0.2) is 22.7 Å². The molecule has 0 spiro atoms. The lowest BCUT2D eigenvalue weighted by molar-refractivity contribution is 0.683. The van der Waals surface area contributed by atoms with Crippen molar-refractivity contribution in [1.82, 2.24) is 10.2 Å². The predicted molar refractivity (Wildman–Crippen MR) is 75.3 cm³/mol. The third-order valence-electron chi connectivity index (χ3n) is 2.36. The van der Waals surface area contributed by atoms with Crippen molar-refractivity contribution in [2.75, 3.05) is 0 Å². The number of hydrogen-bond acceptors (Lipinski definition) is 4. The third-order valence-corrected chi connectivity index (χ3v) is 4.27. The van der Waals surface area contributed by atoms with Gasteiger partial charge >= 0.3 is 0 Å². The summed E-state index contributed by atoms with van der Waals surface area (Å²) in [7, 11) is 0. The molecule has 0 saturated carbocycles. The fourth-order valence-electron chi connectivity index (χ4n) is 1.33. The zero-order valence-electron chi connectivity index (χ0n) is 9.15. The van der Waals surface area contributed by atoms with E-state index in [4.69, 9.17) is 17.3 Å². The molecule has 0 fully saturated rings. The highest BCUT2D eigenvalue weighted by Gasteiger charge is 2.14. The third kappa shape index (κ3) is 2.85. The molecule has 1 heterocycles. The van der Waals surface area contributed by atoms with Crippen LogP contribution in [0.5, 0.6) is 0 Å². The van der Waals surface area contributed by atoms with Gasteiger partial charge in [0.2, 0.25) is 0 Å². The van der Waals surface area contributed by atoms with Crippen molar-refractivity contribution in [2.45, 2.75) is 19.4 Å². The van der Waals surface area contributed by atoms with E-state index in [-0.39, 0.29) is 6.04 Å². The van der Waals surface area contributed by atoms with Gasteiger partial charge in [0.25, 0.3) is 0 Å². The summed E-state index contributed by atoms with van der Waals surface area (Å²) in [4.78, 5) is 0. The molecule has 2 rings (SSSR count). The van der Waals surface area contributed by atoms with Gasteiger partial charge in [-0.05, 0) is 24.6 Å². The molecule has 0 radical (unpaired) electrons. The lowest BCUT2D eigenvalue weighted by atomic mass is 10.2. The fraction of sp³-hybridized carbons (Fsp3) is 0.273. The number of halogens is 2. The summed E-state index contributed by atoms with van der Waals surface area (Å²) in [6.45, 7) is 2.03. The molecule has 0 saturated heterocycles. The first kappa shape index (κ1) is 13.0. The molecular formula is C11H11BrClN3S. The maximum atomic E-state index is 6.14. The van der Waals surface area contributed by atoms with E-state index < -0.39 is 0 Å². The second-order valence-electron chi connectivity index (χ2n) is 3.58. The van der Waals surface area contributed by atoms with E-state index in [9.17, 15) is 0 Å². The summed E-state index contributed by atoms with van der Waals surface area (Å²) in [5.74, 6) is 0. The van der Waals surface area contributed by atoms with Crippen molar-refractivity contribution < 1.29 is 0 Å². The van der Waals surface area contributed by atoms with Crippen LogP contribution in [0.4, 0.5) is 0 Å². The number of hydrogen-bond donors (Lipinski definition) is 1. The molecule has 1 atom stereocenters. The molecule has 17 heavy (non-hydrogen) atoms. The molecule has 0 aliphatic heterocycles. The van der Waals surface area contributed by atoms with Crippen LogP contribution < -0.4 is 5.73 Å². The number of rotatable bonds is 3. The Morgan fingerprint density at radius 2 is 2.24 bits per heavy atom. The Balaban J connectivity index is 2.40. The summed E-state index contributed by atoms with van der Waals surface area (Å²) in [5, 5.41) is 10.6. The van der Waals surface area contributed by atoms with Gasteiger partial charge in [0.05, 0.1) is 11.1 Å². The largest absolute Gasteiger partial charge is 0.322 e. The van der Waals surface area contributed by atoms with E-state index in [1.807, 2.05) is 25.1 Å². The summed E-state index contributed by atoms with van der Waals surface area (Å²) < 4.78 is 0.966. The van der Waals surface area contributed by atoms with Crippen molar-refractivity contribution in [2.24, 2.45) is 5.73 Å². The highest BCUT2D eigenvalue weighted by molar-refractivity contribution is 9.10. The van der Waals surface area contributed by atoms with Crippen molar-refractivity contribution in [1.29, 1.82) is 0 Å². The summed E-state index contributed by atoms with van der Waals surface area (Å²) in [5.41, 5.74) is 6.80. The van der Waals surface area contributed by atoms with Crippen molar-refractivity contribution in [3.8, 4) is 10.6 Å². The van der Waals surface area contributed by atoms with Gasteiger partial charge in [0, 0.05) is 10.0 Å². The molecule has 2 N–H and O–H groups in total. The topological polar surface area (TPSA) is 51.8 Å². The SMILES string of the molecule is CCC(N)c1nnc(-c2cc(Br)ccc2Cl)s1. The first-order valence-electron chi connectivity index (χ1n) is 5.16. The smallest absolute Gasteiger partial charge is 0.149 e. The van der Waals surface area contributed by atoms with Crippen LogP contribution >= 0.6 is 38.9 Å². The molecule has 2 aromatic rings. The van der Waals surface area contributed by atoms with Gasteiger partial charge < -0.3 is 5.73 Å². The Morgan fingerprint density at radius 1 is 1.47 bits per heavy atom. The molecule has 1 aromatic carbocycles. The van der Waals surface area contributed by atoms with Gasteiger partial charge in [-0.2, -0.15) is 0 Å². The Hall–Kier alpha value is -0.490. The highest BCUT2D eigenvalue weighted by Crippen LogP contribution is 2.33. The molecule has 1 aromatic heterocycles. The first-order valence-corrected chi connectivity index (χ1v) is 7.15. The van der Waals surface area contributed by atoms with Crippen LogP contribution in [0.25, 0.3) is 10.6 Å². The van der Waals surface area contributed by atoms with Crippen LogP contribution in [0.3, 0.4) is 0 Å². The lowest BCUT2D eigenvalue weighted by Crippen LogP contribution is -2.07. The molecule has 90 valence electrons. The first-order chi connectivity index (χ1) is 8.11. The molecule has 0 bridgehead atoms. The van der Waals surface area contributed by atoms with E-state index in [1.54, 1.807) is 0 Å². The minimum Gasteiger partial charge on any atom is -0.322 e. The standard InChI is InChI=1S/C11H11BrClN3S/c1-2-9(14)11-16-15-10(17-11)7-5-6(12)3-4-8(7)13/h3-5,9H,2,14H2,1H3. The van der Waals surface area contributed by atoms with Crippen molar-refractivity contribution in [3.63, 3.8) is 0 Å². The second-order valence-corrected chi connectivity index (χ2v) is 5.92. The lowest BCUT2D eigenvalue weighted by Gasteiger charge is -2.01. The van der Waals surface area contributed by atoms with Crippen LogP contribution in [0.2, 0.25) is 5.02 Å². The molecule has 1 unspecified atom stereocenters. The van der Waals surface area contributed by atoms with Crippen LogP contribution in [0.1, 0.15) is 24.4 Å². The van der Waals surface area contributed by atoms with E-state index >= 15 is 0 Å². The summed E-state index contributed by atoms with van der Waals surface area (Å²) in [6.07, 6.45) is 0.848. The number of benzene rings is 1. The zero-order chi connectivity index (χ0) is 12.4. The quantitative estimate of drug-likeness (QED) is 0.923. The van der Waals surface area contributed by atoms with Crippen LogP contribution in [0, 0.1) is 0 Å². The Morgan fingerprint density at radius 3 is 2.94 bits per heavy atom. The monoisotopic (exact) mass is 331 g/mol. The predicted octanol–water partition coefficient (Wildman–Crippen LogP) is 4.03. The van der Waals surface area contributed by atoms with Gasteiger partial charge in [-0.25, -0.2) is 0 Å². The van der Waals surface area contributed by atoms with Crippen LogP contribution in [-0.4, -0.2) is 10.2 Å². The Bertz CT molecular complexity index is 529. The Labute approximate surface area is 117 Å². The van der Waals surface area contributed by atoms with E-state index in [0.29, 0.717) is 5.02 Å². The molecule has 0 amide bonds. The Kier molecular flexibility index (Phi) is 4.14. The fourth-order valence-corrected chi connectivity index (χ4v) is 2.91.